The Morgan fingerprint density at radius 2 is 2.05 bits per heavy atom. The minimum atomic E-state index is -0.876. The lowest BCUT2D eigenvalue weighted by Gasteiger charge is -2.16. The first-order chi connectivity index (χ1) is 18.2. The number of amides is 2. The van der Waals surface area contributed by atoms with Crippen LogP contribution in [0.4, 0.5) is 4.79 Å². The summed E-state index contributed by atoms with van der Waals surface area (Å²) in [6, 6.07) is 4.34. The van der Waals surface area contributed by atoms with Gasteiger partial charge in [0.2, 0.25) is 5.91 Å². The molecule has 0 unspecified atom stereocenters. The number of nitrogens with zero attached hydrogens (tertiary/aromatic N) is 4. The van der Waals surface area contributed by atoms with Gasteiger partial charge < -0.3 is 24.5 Å². The van der Waals surface area contributed by atoms with E-state index in [2.05, 4.69) is 31.9 Å². The van der Waals surface area contributed by atoms with Gasteiger partial charge in [0, 0.05) is 38.0 Å². The lowest BCUT2D eigenvalue weighted by molar-refractivity contribution is -0.123. The molecule has 0 spiro atoms. The molecular weight excluding hydrogens is 488 g/mol. The Morgan fingerprint density at radius 1 is 1.26 bits per heavy atom. The first kappa shape index (κ1) is 28.3. The third-order valence-corrected chi connectivity index (χ3v) is 6.03. The molecule has 3 aromatic rings. The average Bonchev–Trinajstić information content (AvgIpc) is 3.31. The van der Waals surface area contributed by atoms with Crippen LogP contribution < -0.4 is 10.9 Å². The highest BCUT2D eigenvalue weighted by atomic mass is 16.5. The van der Waals surface area contributed by atoms with E-state index in [4.69, 9.17) is 0 Å². The summed E-state index contributed by atoms with van der Waals surface area (Å²) in [4.78, 5) is 63.3. The molecule has 0 saturated carbocycles. The number of Topliss-reactive ketones (excluding diaryl/α,β-unsaturated/α-hetero) is 1. The molecule has 0 radical (unpaired) electrons. The number of pyridine rings is 1. The maximum atomic E-state index is 13.2. The van der Waals surface area contributed by atoms with Crippen LogP contribution in [0.3, 0.4) is 0 Å². The summed E-state index contributed by atoms with van der Waals surface area (Å²) in [7, 11) is 4.49. The Labute approximate surface area is 220 Å². The van der Waals surface area contributed by atoms with E-state index in [1.54, 1.807) is 38.5 Å². The first-order valence-corrected chi connectivity index (χ1v) is 12.5. The highest BCUT2D eigenvalue weighted by Gasteiger charge is 2.22. The number of hydrogen-bond donors (Lipinski definition) is 2. The highest BCUT2D eigenvalue weighted by Crippen LogP contribution is 2.17. The second-order valence-electron chi connectivity index (χ2n) is 9.14. The number of aromatic nitrogens is 4. The number of likely N-dealkylation sites (N-methyl/N-ethyl adjacent to an activating group) is 1. The quantitative estimate of drug-likeness (QED) is 0.348. The highest BCUT2D eigenvalue weighted by molar-refractivity contribution is 5.89. The molecule has 0 bridgehead atoms. The molecule has 11 nitrogen and oxygen atoms in total. The Hall–Kier alpha value is -4.28. The molecule has 11 heteroatoms. The fourth-order valence-electron chi connectivity index (χ4n) is 4.01. The van der Waals surface area contributed by atoms with E-state index < -0.39 is 12.1 Å². The molecule has 2 N–H and O–H groups in total. The summed E-state index contributed by atoms with van der Waals surface area (Å²) in [6.07, 6.45) is 7.76. The number of methoxy groups -OCH3 is 1. The van der Waals surface area contributed by atoms with Gasteiger partial charge in [0.25, 0.3) is 5.56 Å². The minimum Gasteiger partial charge on any atom is -0.453 e. The number of nitrogens with one attached hydrogen (secondary N) is 2. The number of H-pyrrole nitrogens is 1. The van der Waals surface area contributed by atoms with E-state index in [0.717, 1.165) is 35.3 Å². The largest absolute Gasteiger partial charge is 0.453 e. The normalized spacial score (nSPS) is 12.0. The molecule has 0 saturated heterocycles. The zero-order valence-electron chi connectivity index (χ0n) is 22.2. The molecule has 1 atom stereocenters. The van der Waals surface area contributed by atoms with E-state index in [-0.39, 0.29) is 36.6 Å². The van der Waals surface area contributed by atoms with Gasteiger partial charge in [-0.05, 0) is 37.5 Å². The zero-order chi connectivity index (χ0) is 27.7. The van der Waals surface area contributed by atoms with Gasteiger partial charge in [-0.2, -0.15) is 0 Å². The van der Waals surface area contributed by atoms with Crippen molar-refractivity contribution in [2.75, 3.05) is 21.2 Å². The number of carbonyl (C=O) groups is 3. The number of hydrogen-bond acceptors (Lipinski definition) is 7. The number of ketones is 1. The van der Waals surface area contributed by atoms with E-state index in [9.17, 15) is 19.2 Å². The number of aromatic amines is 1. The second kappa shape index (κ2) is 13.3. The van der Waals surface area contributed by atoms with Crippen LogP contribution in [0.15, 0.2) is 47.7 Å². The Bertz CT molecular complexity index is 1370. The van der Waals surface area contributed by atoms with Gasteiger partial charge in [0.15, 0.2) is 5.78 Å². The van der Waals surface area contributed by atoms with Gasteiger partial charge in [0.1, 0.15) is 6.33 Å². The topological polar surface area (TPSA) is 139 Å². The Kier molecular flexibility index (Phi) is 9.92. The third kappa shape index (κ3) is 7.37. The summed E-state index contributed by atoms with van der Waals surface area (Å²) in [5, 5.41) is 2.54. The van der Waals surface area contributed by atoms with Gasteiger partial charge in [0.05, 0.1) is 36.4 Å². The Balaban J connectivity index is 1.75. The molecule has 0 aliphatic carbocycles. The van der Waals surface area contributed by atoms with Gasteiger partial charge in [-0.25, -0.2) is 14.8 Å². The maximum Gasteiger partial charge on any atom is 0.407 e. The molecule has 0 aliphatic heterocycles. The van der Waals surface area contributed by atoms with Gasteiger partial charge >= 0.3 is 6.09 Å². The summed E-state index contributed by atoms with van der Waals surface area (Å²) in [6.45, 7) is 2.36. The summed E-state index contributed by atoms with van der Waals surface area (Å²) >= 11 is 0. The van der Waals surface area contributed by atoms with Crippen LogP contribution in [0.25, 0.3) is 11.0 Å². The van der Waals surface area contributed by atoms with Crippen molar-refractivity contribution in [3.8, 4) is 0 Å². The van der Waals surface area contributed by atoms with Gasteiger partial charge in [-0.15, -0.1) is 0 Å². The molecule has 38 heavy (non-hydrogen) atoms. The number of ether oxygens (including phenoxy) is 1. The summed E-state index contributed by atoms with van der Waals surface area (Å²) in [5.41, 5.74) is 3.40. The molecule has 2 amide bonds. The van der Waals surface area contributed by atoms with Crippen LogP contribution in [0, 0.1) is 0 Å². The Morgan fingerprint density at radius 3 is 2.76 bits per heavy atom. The lowest BCUT2D eigenvalue weighted by Crippen LogP contribution is -2.42. The predicted octanol–water partition coefficient (Wildman–Crippen LogP) is 2.38. The zero-order valence-corrected chi connectivity index (χ0v) is 22.2. The smallest absolute Gasteiger partial charge is 0.407 e. The minimum absolute atomic E-state index is 0.159. The van der Waals surface area contributed by atoms with Crippen molar-refractivity contribution >= 4 is 28.8 Å². The summed E-state index contributed by atoms with van der Waals surface area (Å²) < 4.78 is 6.18. The standard InChI is InChI=1S/C27H34N6O5/c1-5-9-21-25-22(29-17-28-21)15-19(30-25)16-33-13-8-10-18(26(33)36)14-23(34)20(31-27(37)38-4)11-6-7-12-24(35)32(2)3/h7-8,10,12-13,15,17,20,30H,5-6,9,11,14,16H2,1-4H3,(H,31,37)/b12-7+/t20-/m0/s1. The first-order valence-electron chi connectivity index (χ1n) is 12.5. The lowest BCUT2D eigenvalue weighted by atomic mass is 10.0. The molecule has 3 heterocycles. The number of carbonyl (C=O) groups excluding carboxylic acids is 3. The fraction of sp³-hybridized carbons (Fsp3) is 0.407. The van der Waals surface area contributed by atoms with Crippen molar-refractivity contribution in [2.45, 2.75) is 51.6 Å². The van der Waals surface area contributed by atoms with Crippen LogP contribution in [-0.2, 0) is 33.7 Å². The van der Waals surface area contributed by atoms with Crippen molar-refractivity contribution in [3.05, 3.63) is 70.2 Å². The number of rotatable bonds is 12. The van der Waals surface area contributed by atoms with E-state index in [0.29, 0.717) is 12.0 Å². The van der Waals surface area contributed by atoms with Crippen LogP contribution in [0.1, 0.15) is 43.1 Å². The number of allylic oxidation sites excluding steroid dienone is 1. The van der Waals surface area contributed by atoms with E-state index in [1.807, 2.05) is 6.07 Å². The fourth-order valence-corrected chi connectivity index (χ4v) is 4.01. The molecule has 3 rings (SSSR count). The van der Waals surface area contributed by atoms with Crippen molar-refractivity contribution < 1.29 is 19.1 Å². The molecular formula is C27H34N6O5. The number of aryl methyl sites for hydroxylation is 1. The van der Waals surface area contributed by atoms with Gasteiger partial charge in [-0.3, -0.25) is 14.4 Å². The van der Waals surface area contributed by atoms with Crippen LogP contribution in [0.2, 0.25) is 0 Å². The van der Waals surface area contributed by atoms with Crippen molar-refractivity contribution in [2.24, 2.45) is 0 Å². The van der Waals surface area contributed by atoms with Crippen molar-refractivity contribution in [1.29, 1.82) is 0 Å². The molecule has 0 aromatic carbocycles. The predicted molar refractivity (Wildman–Crippen MR) is 143 cm³/mol. The number of fused-ring (bicyclic) bond motifs is 1. The number of alkyl carbamates (subject to hydrolysis) is 1. The molecule has 3 aromatic heterocycles. The average molecular weight is 523 g/mol. The third-order valence-electron chi connectivity index (χ3n) is 6.03. The molecule has 0 fully saturated rings. The van der Waals surface area contributed by atoms with E-state index in [1.165, 1.54) is 29.0 Å². The van der Waals surface area contributed by atoms with Crippen LogP contribution >= 0.6 is 0 Å². The second-order valence-corrected chi connectivity index (χ2v) is 9.14. The van der Waals surface area contributed by atoms with Crippen molar-refractivity contribution in [3.63, 3.8) is 0 Å². The summed E-state index contributed by atoms with van der Waals surface area (Å²) in [5.74, 6) is -0.509. The van der Waals surface area contributed by atoms with E-state index >= 15 is 0 Å². The van der Waals surface area contributed by atoms with Crippen LogP contribution in [0.5, 0.6) is 0 Å². The molecule has 0 aliphatic rings. The van der Waals surface area contributed by atoms with Gasteiger partial charge in [-0.1, -0.05) is 25.5 Å². The van der Waals surface area contributed by atoms with Crippen LogP contribution in [-0.4, -0.2) is 69.4 Å². The maximum absolute atomic E-state index is 13.2. The SMILES string of the molecule is CCCc1ncnc2cc(Cn3cccc(CC(=O)[C@H](CC/C=C/C(=O)N(C)C)NC(=O)OC)c3=O)[nH]c12. The van der Waals surface area contributed by atoms with Crippen molar-refractivity contribution in [1.82, 2.24) is 29.7 Å². The molecule has 202 valence electrons. The monoisotopic (exact) mass is 522 g/mol.